The number of hydrogen-bond donors (Lipinski definition) is 0. The van der Waals surface area contributed by atoms with Crippen molar-refractivity contribution in [2.45, 2.75) is 65.3 Å². The average molecular weight is 422 g/mol. The van der Waals surface area contributed by atoms with Gasteiger partial charge in [-0.1, -0.05) is 12.1 Å². The van der Waals surface area contributed by atoms with Gasteiger partial charge in [-0.2, -0.15) is 0 Å². The van der Waals surface area contributed by atoms with E-state index in [0.29, 0.717) is 0 Å². The molecular formula is C19H25BBrNO4. The molecule has 0 amide bonds. The van der Waals surface area contributed by atoms with Crippen LogP contribution in [-0.4, -0.2) is 34.6 Å². The van der Waals surface area contributed by atoms with Crippen LogP contribution in [-0.2, 0) is 14.0 Å². The van der Waals surface area contributed by atoms with Crippen molar-refractivity contribution in [3.63, 3.8) is 0 Å². The Bertz CT molecular complexity index is 850. The Morgan fingerprint density at radius 2 is 1.73 bits per heavy atom. The topological polar surface area (TPSA) is 49.7 Å². The lowest BCUT2D eigenvalue weighted by Crippen LogP contribution is -2.41. The van der Waals surface area contributed by atoms with Crippen LogP contribution in [0.15, 0.2) is 28.9 Å². The van der Waals surface area contributed by atoms with E-state index in [2.05, 4.69) is 15.9 Å². The van der Waals surface area contributed by atoms with Crippen molar-refractivity contribution in [2.75, 3.05) is 0 Å². The molecule has 140 valence electrons. The summed E-state index contributed by atoms with van der Waals surface area (Å²) in [5, 5.41) is 0.906. The highest BCUT2D eigenvalue weighted by atomic mass is 79.9. The van der Waals surface area contributed by atoms with Gasteiger partial charge < -0.3 is 14.0 Å². The summed E-state index contributed by atoms with van der Waals surface area (Å²) in [6.07, 6.45) is 1.32. The average Bonchev–Trinajstić information content (AvgIpc) is 2.91. The highest BCUT2D eigenvalue weighted by Crippen LogP contribution is 2.37. The van der Waals surface area contributed by atoms with Crippen LogP contribution in [0, 0.1) is 0 Å². The smallest absolute Gasteiger partial charge is 0.443 e. The van der Waals surface area contributed by atoms with Gasteiger partial charge >= 0.3 is 13.2 Å². The quantitative estimate of drug-likeness (QED) is 0.636. The van der Waals surface area contributed by atoms with E-state index in [4.69, 9.17) is 14.0 Å². The van der Waals surface area contributed by atoms with Gasteiger partial charge in [0.25, 0.3) is 0 Å². The molecule has 1 aromatic heterocycles. The van der Waals surface area contributed by atoms with E-state index in [-0.39, 0.29) is 0 Å². The number of carbonyl (C=O) groups excluding carboxylic acids is 1. The van der Waals surface area contributed by atoms with E-state index in [1.54, 1.807) is 6.20 Å². The molecule has 0 unspecified atom stereocenters. The van der Waals surface area contributed by atoms with Crippen LogP contribution in [0.3, 0.4) is 0 Å². The number of rotatable bonds is 1. The summed E-state index contributed by atoms with van der Waals surface area (Å²) in [6, 6.07) is 5.81. The van der Waals surface area contributed by atoms with Crippen molar-refractivity contribution in [2.24, 2.45) is 0 Å². The minimum absolute atomic E-state index is 0.397. The molecule has 1 aliphatic heterocycles. The fraction of sp³-hybridized carbons (Fsp3) is 0.526. The normalized spacial score (nSPS) is 19.2. The number of hydrogen-bond acceptors (Lipinski definition) is 4. The van der Waals surface area contributed by atoms with E-state index in [0.717, 1.165) is 20.8 Å². The van der Waals surface area contributed by atoms with Gasteiger partial charge in [-0.3, -0.25) is 4.57 Å². The van der Waals surface area contributed by atoms with Crippen LogP contribution in [0.1, 0.15) is 48.5 Å². The highest BCUT2D eigenvalue weighted by molar-refractivity contribution is 9.10. The van der Waals surface area contributed by atoms with Crippen LogP contribution < -0.4 is 5.46 Å². The zero-order valence-corrected chi connectivity index (χ0v) is 17.9. The number of ether oxygens (including phenoxy) is 1. The van der Waals surface area contributed by atoms with Gasteiger partial charge in [0.1, 0.15) is 5.60 Å². The summed E-state index contributed by atoms with van der Waals surface area (Å²) in [5.41, 5.74) is 0.340. The van der Waals surface area contributed by atoms with Crippen LogP contribution in [0.25, 0.3) is 10.9 Å². The van der Waals surface area contributed by atoms with Crippen LogP contribution in [0.5, 0.6) is 0 Å². The standard InChI is InChI=1S/C19H25BBrNO4/c1-17(2,3)24-16(23)22-11-14(21)13-10-12(8-9-15(13)22)20-25-18(4,5)19(6,7)26-20/h8-11H,1-7H3. The monoisotopic (exact) mass is 421 g/mol. The molecule has 7 heteroatoms. The van der Waals surface area contributed by atoms with E-state index in [1.807, 2.05) is 66.7 Å². The van der Waals surface area contributed by atoms with Crippen molar-refractivity contribution >= 4 is 45.5 Å². The van der Waals surface area contributed by atoms with Gasteiger partial charge in [0, 0.05) is 16.1 Å². The molecule has 2 aromatic rings. The number of fused-ring (bicyclic) bond motifs is 1. The molecule has 26 heavy (non-hydrogen) atoms. The fourth-order valence-corrected chi connectivity index (χ4v) is 3.32. The molecule has 1 aromatic carbocycles. The Hall–Kier alpha value is -1.31. The Morgan fingerprint density at radius 3 is 2.27 bits per heavy atom. The maximum atomic E-state index is 12.5. The molecule has 3 rings (SSSR count). The molecule has 1 aliphatic rings. The predicted molar refractivity (Wildman–Crippen MR) is 107 cm³/mol. The van der Waals surface area contributed by atoms with Gasteiger partial charge in [0.2, 0.25) is 0 Å². The largest absolute Gasteiger partial charge is 0.494 e. The maximum absolute atomic E-state index is 12.5. The highest BCUT2D eigenvalue weighted by Gasteiger charge is 2.51. The van der Waals surface area contributed by atoms with Crippen LogP contribution in [0.4, 0.5) is 4.79 Å². The fourth-order valence-electron chi connectivity index (χ4n) is 2.80. The van der Waals surface area contributed by atoms with Gasteiger partial charge in [0.05, 0.1) is 16.7 Å². The van der Waals surface area contributed by atoms with Gasteiger partial charge in [0.15, 0.2) is 0 Å². The first-order chi connectivity index (χ1) is 11.8. The number of aromatic nitrogens is 1. The summed E-state index contributed by atoms with van der Waals surface area (Å²) >= 11 is 3.54. The third-order valence-electron chi connectivity index (χ3n) is 4.90. The second kappa shape index (κ2) is 6.11. The number of carbonyl (C=O) groups is 1. The summed E-state index contributed by atoms with van der Waals surface area (Å²) in [6.45, 7) is 13.7. The Balaban J connectivity index is 1.96. The first kappa shape index (κ1) is 19.5. The molecule has 5 nitrogen and oxygen atoms in total. The van der Waals surface area contributed by atoms with Crippen molar-refractivity contribution in [1.29, 1.82) is 0 Å². The molecule has 0 aliphatic carbocycles. The molecule has 0 saturated carbocycles. The minimum Gasteiger partial charge on any atom is -0.443 e. The third kappa shape index (κ3) is 3.44. The first-order valence-electron chi connectivity index (χ1n) is 8.70. The lowest BCUT2D eigenvalue weighted by molar-refractivity contribution is 0.00578. The molecule has 0 atom stereocenters. The second-order valence-electron chi connectivity index (χ2n) is 8.69. The lowest BCUT2D eigenvalue weighted by Gasteiger charge is -2.32. The lowest BCUT2D eigenvalue weighted by atomic mass is 9.78. The van der Waals surface area contributed by atoms with Crippen LogP contribution >= 0.6 is 15.9 Å². The Morgan fingerprint density at radius 1 is 1.15 bits per heavy atom. The predicted octanol–water partition coefficient (Wildman–Crippen LogP) is 4.49. The summed E-state index contributed by atoms with van der Waals surface area (Å²) < 4.78 is 20.1. The summed E-state index contributed by atoms with van der Waals surface area (Å²) in [7, 11) is -0.443. The molecular weight excluding hydrogens is 397 g/mol. The van der Waals surface area contributed by atoms with Crippen molar-refractivity contribution in [1.82, 2.24) is 4.57 Å². The van der Waals surface area contributed by atoms with E-state index < -0.39 is 30.0 Å². The zero-order valence-electron chi connectivity index (χ0n) is 16.3. The van der Waals surface area contributed by atoms with Crippen molar-refractivity contribution in [3.05, 3.63) is 28.9 Å². The van der Waals surface area contributed by atoms with E-state index >= 15 is 0 Å². The molecule has 1 saturated heterocycles. The second-order valence-corrected chi connectivity index (χ2v) is 9.55. The molecule has 0 N–H and O–H groups in total. The molecule has 0 bridgehead atoms. The summed E-state index contributed by atoms with van der Waals surface area (Å²) in [5.74, 6) is 0. The number of halogens is 1. The minimum atomic E-state index is -0.553. The molecule has 1 fully saturated rings. The maximum Gasteiger partial charge on any atom is 0.494 e. The number of nitrogens with zero attached hydrogens (tertiary/aromatic N) is 1. The Kier molecular flexibility index (Phi) is 4.57. The summed E-state index contributed by atoms with van der Waals surface area (Å²) in [4.78, 5) is 12.5. The zero-order chi connectivity index (χ0) is 19.5. The van der Waals surface area contributed by atoms with Crippen molar-refractivity contribution in [3.8, 4) is 0 Å². The molecule has 0 spiro atoms. The number of benzene rings is 1. The third-order valence-corrected chi connectivity index (χ3v) is 5.53. The van der Waals surface area contributed by atoms with Crippen LogP contribution in [0.2, 0.25) is 0 Å². The van der Waals surface area contributed by atoms with E-state index in [1.165, 1.54) is 4.57 Å². The van der Waals surface area contributed by atoms with Gasteiger partial charge in [-0.25, -0.2) is 4.79 Å². The molecule has 0 radical (unpaired) electrons. The van der Waals surface area contributed by atoms with E-state index in [9.17, 15) is 4.79 Å². The van der Waals surface area contributed by atoms with Gasteiger partial charge in [-0.05, 0) is 75.9 Å². The van der Waals surface area contributed by atoms with Gasteiger partial charge in [-0.15, -0.1) is 0 Å². The SMILES string of the molecule is CC(C)(C)OC(=O)n1cc(Br)c2cc(B3OC(C)(C)C(C)(C)O3)ccc21. The Labute approximate surface area is 163 Å². The first-order valence-corrected chi connectivity index (χ1v) is 9.49. The molecule has 2 heterocycles. The van der Waals surface area contributed by atoms with Crippen molar-refractivity contribution < 1.29 is 18.8 Å².